The Labute approximate surface area is 196 Å². The van der Waals surface area contributed by atoms with Crippen LogP contribution in [0.5, 0.6) is 11.5 Å². The first-order valence-corrected chi connectivity index (χ1v) is 11.3. The molecule has 2 aromatic rings. The normalized spacial score (nSPS) is 15.0. The summed E-state index contributed by atoms with van der Waals surface area (Å²) < 4.78 is 20.4. The predicted octanol–water partition coefficient (Wildman–Crippen LogP) is 3.87. The molecule has 1 heterocycles. The molecular formula is C24H27NO7S. The Morgan fingerprint density at radius 3 is 2.67 bits per heavy atom. The minimum atomic E-state index is -0.685. The Balaban J connectivity index is 1.62. The Morgan fingerprint density at radius 2 is 1.97 bits per heavy atom. The van der Waals surface area contributed by atoms with Gasteiger partial charge in [0.15, 0.2) is 6.61 Å². The van der Waals surface area contributed by atoms with E-state index in [1.54, 1.807) is 25.3 Å². The van der Waals surface area contributed by atoms with Crippen molar-refractivity contribution in [3.05, 3.63) is 45.8 Å². The van der Waals surface area contributed by atoms with E-state index in [2.05, 4.69) is 12.2 Å². The fourth-order valence-corrected chi connectivity index (χ4v) is 5.03. The second-order valence-corrected chi connectivity index (χ2v) is 8.75. The number of amides is 1. The lowest BCUT2D eigenvalue weighted by Gasteiger charge is -2.18. The van der Waals surface area contributed by atoms with Crippen LogP contribution in [-0.2, 0) is 31.9 Å². The highest BCUT2D eigenvalue weighted by Gasteiger charge is 2.29. The number of benzene rings is 1. The van der Waals surface area contributed by atoms with Gasteiger partial charge in [-0.05, 0) is 49.0 Å². The van der Waals surface area contributed by atoms with Gasteiger partial charge in [0.05, 0.1) is 26.9 Å². The zero-order valence-corrected chi connectivity index (χ0v) is 19.9. The molecular weight excluding hydrogens is 446 g/mol. The summed E-state index contributed by atoms with van der Waals surface area (Å²) in [7, 11) is 4.38. The second-order valence-electron chi connectivity index (χ2n) is 7.64. The molecule has 9 heteroatoms. The van der Waals surface area contributed by atoms with Crippen molar-refractivity contribution in [3.63, 3.8) is 0 Å². The molecule has 1 aliphatic carbocycles. The number of hydrogen-bond acceptors (Lipinski definition) is 8. The number of carbonyl (C=O) groups excluding carboxylic acids is 3. The van der Waals surface area contributed by atoms with Crippen LogP contribution in [0.3, 0.4) is 0 Å². The standard InChI is InChI=1S/C24H27NO7S/c1-14-5-9-17-19(11-14)33-23(22(17)24(28)31-4)25-20(26)13-32-21(27)10-7-15-6-8-16(29-2)12-18(15)30-3/h6-8,10,12,14H,5,9,11,13H2,1-4H3,(H,25,26)/b10-7+. The van der Waals surface area contributed by atoms with Crippen molar-refractivity contribution in [2.75, 3.05) is 33.3 Å². The van der Waals surface area contributed by atoms with Gasteiger partial charge in [0, 0.05) is 22.6 Å². The summed E-state index contributed by atoms with van der Waals surface area (Å²) in [6.07, 6.45) is 5.34. The van der Waals surface area contributed by atoms with Crippen LogP contribution in [0.2, 0.25) is 0 Å². The van der Waals surface area contributed by atoms with Crippen molar-refractivity contribution in [2.24, 2.45) is 5.92 Å². The van der Waals surface area contributed by atoms with Crippen LogP contribution in [0.4, 0.5) is 5.00 Å². The maximum Gasteiger partial charge on any atom is 0.341 e. The maximum absolute atomic E-state index is 12.4. The molecule has 0 saturated carbocycles. The first kappa shape index (κ1) is 24.3. The van der Waals surface area contributed by atoms with Crippen LogP contribution in [0.15, 0.2) is 24.3 Å². The van der Waals surface area contributed by atoms with Crippen molar-refractivity contribution < 1.29 is 33.3 Å². The van der Waals surface area contributed by atoms with Crippen LogP contribution in [0.1, 0.15) is 39.7 Å². The van der Waals surface area contributed by atoms with E-state index in [1.165, 1.54) is 37.7 Å². The minimum Gasteiger partial charge on any atom is -0.497 e. The molecule has 0 spiro atoms. The largest absolute Gasteiger partial charge is 0.497 e. The van der Waals surface area contributed by atoms with Crippen LogP contribution < -0.4 is 14.8 Å². The van der Waals surface area contributed by atoms with Crippen molar-refractivity contribution in [1.82, 2.24) is 0 Å². The number of fused-ring (bicyclic) bond motifs is 1. The van der Waals surface area contributed by atoms with E-state index < -0.39 is 24.5 Å². The summed E-state index contributed by atoms with van der Waals surface area (Å²) >= 11 is 1.38. The van der Waals surface area contributed by atoms with E-state index in [4.69, 9.17) is 18.9 Å². The summed E-state index contributed by atoms with van der Waals surface area (Å²) in [4.78, 5) is 37.9. The third kappa shape index (κ3) is 5.92. The average Bonchev–Trinajstić information content (AvgIpc) is 3.17. The van der Waals surface area contributed by atoms with E-state index in [0.29, 0.717) is 33.5 Å². The molecule has 176 valence electrons. The number of carbonyl (C=O) groups is 3. The van der Waals surface area contributed by atoms with E-state index in [0.717, 1.165) is 29.7 Å². The van der Waals surface area contributed by atoms with E-state index in [1.807, 2.05) is 0 Å². The van der Waals surface area contributed by atoms with Crippen molar-refractivity contribution >= 4 is 40.3 Å². The quantitative estimate of drug-likeness (QED) is 0.459. The molecule has 1 aliphatic rings. The summed E-state index contributed by atoms with van der Waals surface area (Å²) in [5, 5.41) is 3.13. The number of thiophene rings is 1. The smallest absolute Gasteiger partial charge is 0.341 e. The molecule has 1 unspecified atom stereocenters. The lowest BCUT2D eigenvalue weighted by atomic mass is 9.88. The molecule has 1 aromatic heterocycles. The fraction of sp³-hybridized carbons (Fsp3) is 0.375. The lowest BCUT2D eigenvalue weighted by molar-refractivity contribution is -0.142. The number of hydrogen-bond donors (Lipinski definition) is 1. The minimum absolute atomic E-state index is 0.399. The second kappa shape index (κ2) is 11.0. The van der Waals surface area contributed by atoms with Gasteiger partial charge in [-0.15, -0.1) is 11.3 Å². The number of nitrogens with one attached hydrogen (secondary N) is 1. The molecule has 0 fully saturated rings. The van der Waals surface area contributed by atoms with Gasteiger partial charge >= 0.3 is 11.9 Å². The Kier molecular flexibility index (Phi) is 8.11. The molecule has 0 radical (unpaired) electrons. The number of methoxy groups -OCH3 is 3. The molecule has 0 bridgehead atoms. The SMILES string of the molecule is COC(=O)c1c(NC(=O)COC(=O)/C=C/c2ccc(OC)cc2OC)sc2c1CCC(C)C2. The third-order valence-electron chi connectivity index (χ3n) is 5.34. The van der Waals surface area contributed by atoms with Gasteiger partial charge in [0.25, 0.3) is 5.91 Å². The molecule has 1 N–H and O–H groups in total. The molecule has 3 rings (SSSR count). The van der Waals surface area contributed by atoms with Crippen LogP contribution >= 0.6 is 11.3 Å². The summed E-state index contributed by atoms with van der Waals surface area (Å²) in [5.41, 5.74) is 1.99. The number of anilines is 1. The topological polar surface area (TPSA) is 100 Å². The zero-order valence-electron chi connectivity index (χ0n) is 19.1. The van der Waals surface area contributed by atoms with Gasteiger partial charge in [-0.2, -0.15) is 0 Å². The van der Waals surface area contributed by atoms with Crippen molar-refractivity contribution in [1.29, 1.82) is 0 Å². The van der Waals surface area contributed by atoms with Crippen LogP contribution in [0, 0.1) is 5.92 Å². The van der Waals surface area contributed by atoms with Crippen LogP contribution in [-0.4, -0.2) is 45.8 Å². The van der Waals surface area contributed by atoms with Crippen LogP contribution in [0.25, 0.3) is 6.08 Å². The summed E-state index contributed by atoms with van der Waals surface area (Å²) in [6, 6.07) is 5.17. The lowest BCUT2D eigenvalue weighted by Crippen LogP contribution is -2.21. The zero-order chi connectivity index (χ0) is 24.0. The highest BCUT2D eigenvalue weighted by Crippen LogP contribution is 2.40. The first-order valence-electron chi connectivity index (χ1n) is 10.5. The van der Waals surface area contributed by atoms with Crippen molar-refractivity contribution in [3.8, 4) is 11.5 Å². The van der Waals surface area contributed by atoms with Gasteiger partial charge in [-0.1, -0.05) is 6.92 Å². The van der Waals surface area contributed by atoms with Gasteiger partial charge in [0.1, 0.15) is 16.5 Å². The molecule has 8 nitrogen and oxygen atoms in total. The Hall–Kier alpha value is -3.33. The molecule has 1 amide bonds. The van der Waals surface area contributed by atoms with Gasteiger partial charge in [-0.3, -0.25) is 4.79 Å². The highest BCUT2D eigenvalue weighted by molar-refractivity contribution is 7.17. The highest BCUT2D eigenvalue weighted by atomic mass is 32.1. The monoisotopic (exact) mass is 473 g/mol. The molecule has 0 aliphatic heterocycles. The number of rotatable bonds is 8. The molecule has 0 saturated heterocycles. The Morgan fingerprint density at radius 1 is 1.18 bits per heavy atom. The average molecular weight is 474 g/mol. The van der Waals surface area contributed by atoms with E-state index in [9.17, 15) is 14.4 Å². The number of esters is 2. The van der Waals surface area contributed by atoms with Gasteiger partial charge in [0.2, 0.25) is 0 Å². The van der Waals surface area contributed by atoms with Gasteiger partial charge in [-0.25, -0.2) is 9.59 Å². The summed E-state index contributed by atoms with van der Waals surface area (Å²) in [5.74, 6) is -0.0270. The molecule has 1 atom stereocenters. The summed E-state index contributed by atoms with van der Waals surface area (Å²) in [6.45, 7) is 1.68. The fourth-order valence-electron chi connectivity index (χ4n) is 3.62. The van der Waals surface area contributed by atoms with E-state index in [-0.39, 0.29) is 0 Å². The first-order chi connectivity index (χ1) is 15.9. The van der Waals surface area contributed by atoms with Crippen molar-refractivity contribution in [2.45, 2.75) is 26.2 Å². The van der Waals surface area contributed by atoms with E-state index >= 15 is 0 Å². The third-order valence-corrected chi connectivity index (χ3v) is 6.51. The maximum atomic E-state index is 12.4. The van der Waals surface area contributed by atoms with Gasteiger partial charge < -0.3 is 24.3 Å². The molecule has 1 aromatic carbocycles. The predicted molar refractivity (Wildman–Crippen MR) is 125 cm³/mol. The number of ether oxygens (including phenoxy) is 4. The Bertz CT molecular complexity index is 1070. The molecule has 33 heavy (non-hydrogen) atoms.